The van der Waals surface area contributed by atoms with Crippen LogP contribution in [0.2, 0.25) is 0 Å². The van der Waals surface area contributed by atoms with Crippen molar-refractivity contribution in [2.45, 2.75) is 65.1 Å². The Balaban J connectivity index is 2.34. The summed E-state index contributed by atoms with van der Waals surface area (Å²) in [6.45, 7) is 8.37. The second-order valence-electron chi connectivity index (χ2n) is 5.58. The molecule has 21 heavy (non-hydrogen) atoms. The topological polar surface area (TPSA) is 49.4 Å². The van der Waals surface area contributed by atoms with Crippen molar-refractivity contribution in [3.63, 3.8) is 0 Å². The lowest BCUT2D eigenvalue weighted by Crippen LogP contribution is -2.69. The lowest BCUT2D eigenvalue weighted by Gasteiger charge is -2.47. The summed E-state index contributed by atoms with van der Waals surface area (Å²) >= 11 is 1.73. The third kappa shape index (κ3) is 2.71. The molecule has 0 radical (unpaired) electrons. The number of amides is 2. The van der Waals surface area contributed by atoms with Gasteiger partial charge in [-0.1, -0.05) is 20.8 Å². The molecule has 116 valence electrons. The number of hydrogen-bond donors (Lipinski definition) is 1. The van der Waals surface area contributed by atoms with Gasteiger partial charge in [-0.15, -0.1) is 11.3 Å². The highest BCUT2D eigenvalue weighted by Gasteiger charge is 2.49. The minimum atomic E-state index is -0.708. The summed E-state index contributed by atoms with van der Waals surface area (Å²) in [6, 6.07) is 3.75. The molecule has 4 nitrogen and oxygen atoms in total. The molecule has 5 heteroatoms. The van der Waals surface area contributed by atoms with Crippen molar-refractivity contribution in [1.29, 1.82) is 0 Å². The van der Waals surface area contributed by atoms with E-state index in [2.05, 4.69) is 24.4 Å². The summed E-state index contributed by atoms with van der Waals surface area (Å²) in [5.74, 6) is -0.00313. The van der Waals surface area contributed by atoms with Gasteiger partial charge in [-0.3, -0.25) is 9.59 Å². The summed E-state index contributed by atoms with van der Waals surface area (Å²) in [5, 5.41) is 2.83. The molecule has 1 aromatic heterocycles. The Bertz CT molecular complexity index is 534. The minimum Gasteiger partial charge on any atom is -0.343 e. The maximum absolute atomic E-state index is 12.6. The first-order valence-corrected chi connectivity index (χ1v) is 8.50. The van der Waals surface area contributed by atoms with Crippen LogP contribution in [-0.4, -0.2) is 28.3 Å². The molecule has 1 atom stereocenters. The first-order valence-electron chi connectivity index (χ1n) is 7.68. The van der Waals surface area contributed by atoms with Crippen LogP contribution < -0.4 is 5.32 Å². The minimum absolute atomic E-state index is 0.0183. The monoisotopic (exact) mass is 308 g/mol. The highest BCUT2D eigenvalue weighted by Crippen LogP contribution is 2.32. The zero-order chi connectivity index (χ0) is 15.6. The van der Waals surface area contributed by atoms with Gasteiger partial charge in [0.25, 0.3) is 0 Å². The Kier molecular flexibility index (Phi) is 4.71. The van der Waals surface area contributed by atoms with Crippen LogP contribution in [0.1, 0.15) is 50.3 Å². The smallest absolute Gasteiger partial charge is 0.246 e. The molecule has 2 rings (SSSR count). The van der Waals surface area contributed by atoms with E-state index in [9.17, 15) is 9.59 Å². The molecule has 1 aromatic rings. The van der Waals surface area contributed by atoms with Gasteiger partial charge in [0.1, 0.15) is 11.6 Å². The van der Waals surface area contributed by atoms with Gasteiger partial charge in [-0.2, -0.15) is 0 Å². The number of aryl methyl sites for hydroxylation is 1. The largest absolute Gasteiger partial charge is 0.343 e. The summed E-state index contributed by atoms with van der Waals surface area (Å²) in [6.07, 6.45) is 2.28. The van der Waals surface area contributed by atoms with Gasteiger partial charge in [0.05, 0.1) is 6.54 Å². The molecule has 0 spiro atoms. The Morgan fingerprint density at radius 2 is 1.81 bits per heavy atom. The van der Waals surface area contributed by atoms with Crippen molar-refractivity contribution in [2.75, 3.05) is 0 Å². The Morgan fingerprint density at radius 3 is 2.33 bits per heavy atom. The maximum Gasteiger partial charge on any atom is 0.246 e. The molecule has 1 N–H and O–H groups in total. The van der Waals surface area contributed by atoms with E-state index in [4.69, 9.17) is 0 Å². The SMILES string of the molecule is CCc1ccc(CN2C(=O)C(C)NC(=O)C2(CC)CC)s1. The third-order valence-electron chi connectivity index (χ3n) is 4.47. The van der Waals surface area contributed by atoms with Crippen molar-refractivity contribution in [3.8, 4) is 0 Å². The normalized spacial score (nSPS) is 21.5. The van der Waals surface area contributed by atoms with Crippen LogP contribution in [0.25, 0.3) is 0 Å². The summed E-state index contributed by atoms with van der Waals surface area (Å²) in [7, 11) is 0. The van der Waals surface area contributed by atoms with Gasteiger partial charge in [0.15, 0.2) is 0 Å². The molecule has 0 bridgehead atoms. The fourth-order valence-electron chi connectivity index (χ4n) is 3.00. The van der Waals surface area contributed by atoms with E-state index >= 15 is 0 Å². The first kappa shape index (κ1) is 16.0. The molecule has 1 fully saturated rings. The van der Waals surface area contributed by atoms with E-state index in [1.165, 1.54) is 4.88 Å². The lowest BCUT2D eigenvalue weighted by molar-refractivity contribution is -0.158. The van der Waals surface area contributed by atoms with Crippen molar-refractivity contribution in [1.82, 2.24) is 10.2 Å². The van der Waals surface area contributed by atoms with Gasteiger partial charge < -0.3 is 10.2 Å². The fraction of sp³-hybridized carbons (Fsp3) is 0.625. The molecule has 0 saturated carbocycles. The predicted octanol–water partition coefficient (Wildman–Crippen LogP) is 2.72. The second kappa shape index (κ2) is 6.18. The predicted molar refractivity (Wildman–Crippen MR) is 85.2 cm³/mol. The number of thiophene rings is 1. The van der Waals surface area contributed by atoms with E-state index < -0.39 is 11.6 Å². The number of carbonyl (C=O) groups excluding carboxylic acids is 2. The van der Waals surface area contributed by atoms with E-state index in [1.807, 2.05) is 13.8 Å². The van der Waals surface area contributed by atoms with Crippen LogP contribution in [-0.2, 0) is 22.6 Å². The first-order chi connectivity index (χ1) is 9.98. The van der Waals surface area contributed by atoms with E-state index in [0.29, 0.717) is 19.4 Å². The number of piperazine rings is 1. The standard InChI is InChI=1S/C16H24N2O2S/c1-5-12-8-9-13(21-12)10-18-14(19)11(4)17-15(20)16(18,6-2)7-3/h8-9,11H,5-7,10H2,1-4H3,(H,17,20). The quantitative estimate of drug-likeness (QED) is 0.909. The number of nitrogens with one attached hydrogen (secondary N) is 1. The lowest BCUT2D eigenvalue weighted by atomic mass is 9.86. The van der Waals surface area contributed by atoms with Gasteiger partial charge in [-0.25, -0.2) is 0 Å². The molecule has 1 aliphatic rings. The van der Waals surface area contributed by atoms with Crippen LogP contribution in [0.3, 0.4) is 0 Å². The van der Waals surface area contributed by atoms with Crippen molar-refractivity contribution < 1.29 is 9.59 Å². The Morgan fingerprint density at radius 1 is 1.19 bits per heavy atom. The molecule has 0 aromatic carbocycles. The van der Waals surface area contributed by atoms with Crippen LogP contribution >= 0.6 is 11.3 Å². The Hall–Kier alpha value is -1.36. The summed E-state index contributed by atoms with van der Waals surface area (Å²) < 4.78 is 0. The highest BCUT2D eigenvalue weighted by atomic mass is 32.1. The number of hydrogen-bond acceptors (Lipinski definition) is 3. The average molecular weight is 308 g/mol. The van der Waals surface area contributed by atoms with Gasteiger partial charge in [0.2, 0.25) is 11.8 Å². The Labute approximate surface area is 130 Å². The summed E-state index contributed by atoms with van der Waals surface area (Å²) in [5.41, 5.74) is -0.708. The zero-order valence-corrected chi connectivity index (χ0v) is 14.0. The number of carbonyl (C=O) groups is 2. The molecule has 0 aliphatic carbocycles. The van der Waals surface area contributed by atoms with Gasteiger partial charge in [0, 0.05) is 9.75 Å². The van der Waals surface area contributed by atoms with E-state index in [-0.39, 0.29) is 11.8 Å². The molecule has 1 saturated heterocycles. The van der Waals surface area contributed by atoms with Crippen molar-refractivity contribution >= 4 is 23.2 Å². The molecule has 2 amide bonds. The average Bonchev–Trinajstić information content (AvgIpc) is 2.93. The van der Waals surface area contributed by atoms with Crippen LogP contribution in [0.15, 0.2) is 12.1 Å². The summed E-state index contributed by atoms with van der Waals surface area (Å²) in [4.78, 5) is 29.3. The van der Waals surface area contributed by atoms with Crippen molar-refractivity contribution in [2.24, 2.45) is 0 Å². The van der Waals surface area contributed by atoms with E-state index in [0.717, 1.165) is 11.3 Å². The highest BCUT2D eigenvalue weighted by molar-refractivity contribution is 7.11. The molecule has 1 unspecified atom stereocenters. The molecular formula is C16H24N2O2S. The zero-order valence-electron chi connectivity index (χ0n) is 13.2. The van der Waals surface area contributed by atoms with Crippen LogP contribution in [0.5, 0.6) is 0 Å². The fourth-order valence-corrected chi connectivity index (χ4v) is 3.94. The van der Waals surface area contributed by atoms with Crippen LogP contribution in [0.4, 0.5) is 0 Å². The number of rotatable bonds is 5. The van der Waals surface area contributed by atoms with Gasteiger partial charge >= 0.3 is 0 Å². The van der Waals surface area contributed by atoms with Crippen molar-refractivity contribution in [3.05, 3.63) is 21.9 Å². The third-order valence-corrected chi connectivity index (χ3v) is 5.69. The van der Waals surface area contributed by atoms with E-state index in [1.54, 1.807) is 23.2 Å². The number of nitrogens with zero attached hydrogens (tertiary/aromatic N) is 1. The molecular weight excluding hydrogens is 284 g/mol. The molecule has 1 aliphatic heterocycles. The van der Waals surface area contributed by atoms with Gasteiger partial charge in [-0.05, 0) is 38.3 Å². The van der Waals surface area contributed by atoms with Crippen LogP contribution in [0, 0.1) is 0 Å². The maximum atomic E-state index is 12.6. The second-order valence-corrected chi connectivity index (χ2v) is 6.83. The molecule has 2 heterocycles.